The molecule has 0 aromatic carbocycles. The summed E-state index contributed by atoms with van der Waals surface area (Å²) in [5.74, 6) is -1.08. The first-order chi connectivity index (χ1) is 10.4. The number of amides is 2. The quantitative estimate of drug-likeness (QED) is 0.793. The van der Waals surface area contributed by atoms with Gasteiger partial charge in [0.05, 0.1) is 5.69 Å². The van der Waals surface area contributed by atoms with Crippen LogP contribution in [-0.4, -0.2) is 47.5 Å². The summed E-state index contributed by atoms with van der Waals surface area (Å²) in [6.45, 7) is 3.77. The number of carbonyl (C=O) groups is 3. The minimum absolute atomic E-state index is 0.186. The van der Waals surface area contributed by atoms with Crippen molar-refractivity contribution in [1.29, 1.82) is 0 Å². The molecule has 1 saturated heterocycles. The second-order valence-corrected chi connectivity index (χ2v) is 5.33. The number of esters is 1. The molecule has 0 unspecified atom stereocenters. The fraction of sp³-hybridized carbons (Fsp3) is 0.571. The third kappa shape index (κ3) is 3.44. The lowest BCUT2D eigenvalue weighted by Crippen LogP contribution is -2.43. The van der Waals surface area contributed by atoms with Gasteiger partial charge >= 0.3 is 5.97 Å². The van der Waals surface area contributed by atoms with Gasteiger partial charge in [-0.25, -0.2) is 4.79 Å². The van der Waals surface area contributed by atoms with Crippen molar-refractivity contribution in [2.75, 3.05) is 19.7 Å². The van der Waals surface area contributed by atoms with E-state index < -0.39 is 5.97 Å². The van der Waals surface area contributed by atoms with Gasteiger partial charge in [-0.3, -0.25) is 9.59 Å². The fourth-order valence-corrected chi connectivity index (χ4v) is 2.48. The van der Waals surface area contributed by atoms with Crippen molar-refractivity contribution >= 4 is 17.8 Å². The molecule has 1 aromatic heterocycles. The van der Waals surface area contributed by atoms with E-state index in [0.29, 0.717) is 37.4 Å². The molecule has 0 spiro atoms. The highest BCUT2D eigenvalue weighted by atomic mass is 16.5. The largest absolute Gasteiger partial charge is 0.452 e. The third-order valence-electron chi connectivity index (χ3n) is 3.81. The van der Waals surface area contributed by atoms with Crippen LogP contribution in [0.15, 0.2) is 4.52 Å². The third-order valence-corrected chi connectivity index (χ3v) is 3.81. The smallest absolute Gasteiger partial charge is 0.344 e. The van der Waals surface area contributed by atoms with Crippen LogP contribution in [0.4, 0.5) is 0 Å². The number of primary amides is 1. The van der Waals surface area contributed by atoms with Crippen molar-refractivity contribution in [2.45, 2.75) is 26.7 Å². The monoisotopic (exact) mass is 309 g/mol. The molecule has 1 aromatic rings. The Morgan fingerprint density at radius 3 is 2.45 bits per heavy atom. The molecule has 2 amide bonds. The molecule has 2 heterocycles. The van der Waals surface area contributed by atoms with E-state index in [-0.39, 0.29) is 29.9 Å². The summed E-state index contributed by atoms with van der Waals surface area (Å²) in [6, 6.07) is 0. The van der Waals surface area contributed by atoms with E-state index in [0.717, 1.165) is 0 Å². The number of likely N-dealkylation sites (tertiary alicyclic amines) is 1. The summed E-state index contributed by atoms with van der Waals surface area (Å²) in [6.07, 6.45) is 1.08. The number of nitrogens with zero attached hydrogens (tertiary/aromatic N) is 2. The Labute approximate surface area is 127 Å². The maximum atomic E-state index is 12.0. The van der Waals surface area contributed by atoms with E-state index in [1.165, 1.54) is 0 Å². The molecule has 1 fully saturated rings. The van der Waals surface area contributed by atoms with Gasteiger partial charge in [0.15, 0.2) is 6.61 Å². The molecule has 1 aliphatic heterocycles. The van der Waals surface area contributed by atoms with E-state index in [9.17, 15) is 14.4 Å². The van der Waals surface area contributed by atoms with Crippen LogP contribution in [0.25, 0.3) is 0 Å². The van der Waals surface area contributed by atoms with E-state index in [1.54, 1.807) is 18.7 Å². The lowest BCUT2D eigenvalue weighted by atomic mass is 9.96. The van der Waals surface area contributed by atoms with Crippen LogP contribution in [0.1, 0.15) is 34.7 Å². The number of aryl methyl sites for hydroxylation is 2. The predicted octanol–water partition coefficient (Wildman–Crippen LogP) is 0.172. The van der Waals surface area contributed by atoms with Gasteiger partial charge in [0.2, 0.25) is 5.91 Å². The van der Waals surface area contributed by atoms with Crippen LogP contribution in [0.2, 0.25) is 0 Å². The molecular weight excluding hydrogens is 290 g/mol. The highest BCUT2D eigenvalue weighted by Gasteiger charge is 2.27. The van der Waals surface area contributed by atoms with Gasteiger partial charge in [0, 0.05) is 19.0 Å². The number of aromatic nitrogens is 1. The first-order valence-corrected chi connectivity index (χ1v) is 7.07. The summed E-state index contributed by atoms with van der Waals surface area (Å²) in [7, 11) is 0. The highest BCUT2D eigenvalue weighted by Crippen LogP contribution is 2.17. The Morgan fingerprint density at radius 2 is 1.95 bits per heavy atom. The molecule has 0 aliphatic carbocycles. The molecule has 1 aliphatic rings. The molecule has 120 valence electrons. The van der Waals surface area contributed by atoms with Gasteiger partial charge in [-0.2, -0.15) is 0 Å². The number of piperidine rings is 1. The Hall–Kier alpha value is -2.38. The summed E-state index contributed by atoms with van der Waals surface area (Å²) < 4.78 is 9.90. The standard InChI is InChI=1S/C14H19N3O5/c1-8-12(9(2)22-16-8)14(20)21-7-11(18)17-5-3-10(4-6-17)13(15)19/h10H,3-7H2,1-2H3,(H2,15,19). The van der Waals surface area contributed by atoms with Crippen molar-refractivity contribution in [3.63, 3.8) is 0 Å². The maximum absolute atomic E-state index is 12.0. The van der Waals surface area contributed by atoms with Crippen LogP contribution < -0.4 is 5.73 Å². The predicted molar refractivity (Wildman–Crippen MR) is 74.8 cm³/mol. The zero-order valence-electron chi connectivity index (χ0n) is 12.6. The number of hydrogen-bond donors (Lipinski definition) is 1. The number of carbonyl (C=O) groups excluding carboxylic acids is 3. The summed E-state index contributed by atoms with van der Waals surface area (Å²) in [5.41, 5.74) is 5.92. The van der Waals surface area contributed by atoms with Gasteiger partial charge in [-0.15, -0.1) is 0 Å². The molecule has 8 nitrogen and oxygen atoms in total. The summed E-state index contributed by atoms with van der Waals surface area (Å²) in [4.78, 5) is 36.6. The minimum Gasteiger partial charge on any atom is -0.452 e. The van der Waals surface area contributed by atoms with Crippen LogP contribution in [-0.2, 0) is 14.3 Å². The van der Waals surface area contributed by atoms with Crippen molar-refractivity contribution < 1.29 is 23.6 Å². The molecule has 8 heteroatoms. The Bertz CT molecular complexity index is 568. The molecule has 2 rings (SSSR count). The zero-order chi connectivity index (χ0) is 16.3. The SMILES string of the molecule is Cc1noc(C)c1C(=O)OCC(=O)N1CCC(C(N)=O)CC1. The van der Waals surface area contributed by atoms with Gasteiger partial charge in [0.25, 0.3) is 5.91 Å². The number of hydrogen-bond acceptors (Lipinski definition) is 6. The molecule has 0 bridgehead atoms. The number of nitrogens with two attached hydrogens (primary N) is 1. The summed E-state index contributed by atoms with van der Waals surface area (Å²) >= 11 is 0. The van der Waals surface area contributed by atoms with Crippen LogP contribution >= 0.6 is 0 Å². The summed E-state index contributed by atoms with van der Waals surface area (Å²) in [5, 5.41) is 3.66. The van der Waals surface area contributed by atoms with E-state index in [1.807, 2.05) is 0 Å². The van der Waals surface area contributed by atoms with Crippen molar-refractivity contribution in [2.24, 2.45) is 11.7 Å². The van der Waals surface area contributed by atoms with Crippen LogP contribution in [0.5, 0.6) is 0 Å². The van der Waals surface area contributed by atoms with Gasteiger partial charge < -0.3 is 19.9 Å². The fourth-order valence-electron chi connectivity index (χ4n) is 2.48. The lowest BCUT2D eigenvalue weighted by Gasteiger charge is -2.30. The first-order valence-electron chi connectivity index (χ1n) is 7.07. The second kappa shape index (κ2) is 6.59. The van der Waals surface area contributed by atoms with Crippen molar-refractivity contribution in [1.82, 2.24) is 10.1 Å². The van der Waals surface area contributed by atoms with E-state index >= 15 is 0 Å². The van der Waals surface area contributed by atoms with Crippen LogP contribution in [0, 0.1) is 19.8 Å². The maximum Gasteiger partial charge on any atom is 0.344 e. The molecule has 2 N–H and O–H groups in total. The van der Waals surface area contributed by atoms with Crippen molar-refractivity contribution in [3.05, 3.63) is 17.0 Å². The Morgan fingerprint density at radius 1 is 1.32 bits per heavy atom. The molecular formula is C14H19N3O5. The van der Waals surface area contributed by atoms with Gasteiger partial charge in [0.1, 0.15) is 11.3 Å². The minimum atomic E-state index is -0.628. The average Bonchev–Trinajstić information content (AvgIpc) is 2.83. The molecule has 0 saturated carbocycles. The van der Waals surface area contributed by atoms with Gasteiger partial charge in [-0.1, -0.05) is 5.16 Å². The molecule has 0 radical (unpaired) electrons. The van der Waals surface area contributed by atoms with Gasteiger partial charge in [-0.05, 0) is 26.7 Å². The second-order valence-electron chi connectivity index (χ2n) is 5.33. The highest BCUT2D eigenvalue weighted by molar-refractivity contribution is 5.93. The number of ether oxygens (including phenoxy) is 1. The zero-order valence-corrected chi connectivity index (χ0v) is 12.6. The number of rotatable bonds is 4. The molecule has 22 heavy (non-hydrogen) atoms. The van der Waals surface area contributed by atoms with Crippen LogP contribution in [0.3, 0.4) is 0 Å². The normalized spacial score (nSPS) is 15.6. The first kappa shape index (κ1) is 16.0. The topological polar surface area (TPSA) is 116 Å². The lowest BCUT2D eigenvalue weighted by molar-refractivity contribution is -0.137. The van der Waals surface area contributed by atoms with E-state index in [4.69, 9.17) is 15.0 Å². The Balaban J connectivity index is 1.84. The van der Waals surface area contributed by atoms with E-state index in [2.05, 4.69) is 5.16 Å². The van der Waals surface area contributed by atoms with Crippen molar-refractivity contribution in [3.8, 4) is 0 Å². The Kier molecular flexibility index (Phi) is 4.79. The molecule has 0 atom stereocenters. The average molecular weight is 309 g/mol.